The van der Waals surface area contributed by atoms with Crippen molar-refractivity contribution in [2.45, 2.75) is 32.3 Å². The highest BCUT2D eigenvalue weighted by Gasteiger charge is 2.40. The van der Waals surface area contributed by atoms with E-state index in [9.17, 15) is 4.79 Å². The molecule has 3 heteroatoms. The Morgan fingerprint density at radius 2 is 2.29 bits per heavy atom. The van der Waals surface area contributed by atoms with Crippen molar-refractivity contribution in [3.05, 3.63) is 35.4 Å². The number of hydrogen-bond donors (Lipinski definition) is 0. The first-order chi connectivity index (χ1) is 8.06. The molecule has 0 N–H and O–H groups in total. The van der Waals surface area contributed by atoms with Crippen molar-refractivity contribution in [3.8, 4) is 6.07 Å². The van der Waals surface area contributed by atoms with Crippen molar-refractivity contribution in [3.63, 3.8) is 0 Å². The zero-order chi connectivity index (χ0) is 12.5. The first-order valence-electron chi connectivity index (χ1n) is 5.79. The maximum atomic E-state index is 11.5. The molecular weight excluding hydrogens is 214 g/mol. The summed E-state index contributed by atoms with van der Waals surface area (Å²) in [6.45, 7) is 4.00. The van der Waals surface area contributed by atoms with Crippen LogP contribution in [0.2, 0.25) is 0 Å². The van der Waals surface area contributed by atoms with E-state index in [4.69, 9.17) is 10.00 Å². The summed E-state index contributed by atoms with van der Waals surface area (Å²) in [5.41, 5.74) is 0.886. The van der Waals surface area contributed by atoms with Gasteiger partial charge in [0.05, 0.1) is 11.6 Å². The normalized spacial score (nSPS) is 28.3. The molecule has 3 nitrogen and oxygen atoms in total. The lowest BCUT2D eigenvalue weighted by Gasteiger charge is -2.39. The molecule has 1 aromatic rings. The van der Waals surface area contributed by atoms with Crippen LogP contribution in [0.3, 0.4) is 0 Å². The molecule has 1 fully saturated rings. The van der Waals surface area contributed by atoms with Crippen LogP contribution < -0.4 is 0 Å². The number of esters is 1. The molecular formula is C14H15NO2. The van der Waals surface area contributed by atoms with Crippen molar-refractivity contribution in [1.29, 1.82) is 5.26 Å². The van der Waals surface area contributed by atoms with Crippen LogP contribution in [0.4, 0.5) is 0 Å². The minimum absolute atomic E-state index is 0.159. The molecule has 0 aromatic heterocycles. The number of nitriles is 1. The van der Waals surface area contributed by atoms with Gasteiger partial charge in [0.1, 0.15) is 5.60 Å². The third-order valence-corrected chi connectivity index (χ3v) is 3.61. The first-order valence-corrected chi connectivity index (χ1v) is 5.79. The molecule has 1 aromatic carbocycles. The van der Waals surface area contributed by atoms with Crippen LogP contribution >= 0.6 is 0 Å². The Hall–Kier alpha value is -1.82. The molecule has 2 atom stereocenters. The largest absolute Gasteiger partial charge is 0.454 e. The summed E-state index contributed by atoms with van der Waals surface area (Å²) in [4.78, 5) is 11.5. The van der Waals surface area contributed by atoms with Gasteiger partial charge in [0.15, 0.2) is 0 Å². The van der Waals surface area contributed by atoms with E-state index in [0.29, 0.717) is 12.0 Å². The van der Waals surface area contributed by atoms with E-state index in [0.717, 1.165) is 12.0 Å². The summed E-state index contributed by atoms with van der Waals surface area (Å²) in [6.07, 6.45) is 1.31. The molecule has 88 valence electrons. The van der Waals surface area contributed by atoms with Crippen molar-refractivity contribution in [2.75, 3.05) is 0 Å². The van der Waals surface area contributed by atoms with Gasteiger partial charge in [0.25, 0.3) is 0 Å². The highest BCUT2D eigenvalue weighted by molar-refractivity contribution is 5.71. The average Bonchev–Trinajstić information content (AvgIpc) is 2.34. The Balaban J connectivity index is 2.42. The molecule has 0 unspecified atom stereocenters. The SMILES string of the molecule is C[C@@H]1CCC(=O)O[C@@]1(C)c1cccc(C#N)c1. The van der Waals surface area contributed by atoms with Gasteiger partial charge in [-0.3, -0.25) is 4.79 Å². The van der Waals surface area contributed by atoms with Crippen molar-refractivity contribution < 1.29 is 9.53 Å². The average molecular weight is 229 g/mol. The lowest BCUT2D eigenvalue weighted by Crippen LogP contribution is -2.40. The predicted molar refractivity (Wildman–Crippen MR) is 63.0 cm³/mol. The second-order valence-corrected chi connectivity index (χ2v) is 4.71. The summed E-state index contributed by atoms with van der Waals surface area (Å²) in [7, 11) is 0. The Morgan fingerprint density at radius 3 is 3.00 bits per heavy atom. The maximum absolute atomic E-state index is 11.5. The molecule has 0 radical (unpaired) electrons. The van der Waals surface area contributed by atoms with Gasteiger partial charge in [-0.2, -0.15) is 5.26 Å². The second-order valence-electron chi connectivity index (χ2n) is 4.71. The van der Waals surface area contributed by atoms with E-state index in [1.165, 1.54) is 0 Å². The molecule has 1 heterocycles. The minimum Gasteiger partial charge on any atom is -0.454 e. The molecule has 17 heavy (non-hydrogen) atoms. The Bertz CT molecular complexity index is 489. The summed E-state index contributed by atoms with van der Waals surface area (Å²) in [5.74, 6) is 0.0992. The van der Waals surface area contributed by atoms with Gasteiger partial charge in [0.2, 0.25) is 0 Å². The number of cyclic esters (lactones) is 1. The van der Waals surface area contributed by atoms with Gasteiger partial charge < -0.3 is 4.74 Å². The van der Waals surface area contributed by atoms with Crippen LogP contribution in [-0.4, -0.2) is 5.97 Å². The number of carbonyl (C=O) groups is 1. The smallest absolute Gasteiger partial charge is 0.306 e. The quantitative estimate of drug-likeness (QED) is 0.696. The van der Waals surface area contributed by atoms with E-state index < -0.39 is 5.60 Å². The minimum atomic E-state index is -0.609. The highest BCUT2D eigenvalue weighted by atomic mass is 16.6. The van der Waals surface area contributed by atoms with Gasteiger partial charge in [-0.15, -0.1) is 0 Å². The van der Waals surface area contributed by atoms with Gasteiger partial charge in [-0.25, -0.2) is 0 Å². The topological polar surface area (TPSA) is 50.1 Å². The summed E-state index contributed by atoms with van der Waals surface area (Å²) >= 11 is 0. The monoisotopic (exact) mass is 229 g/mol. The predicted octanol–water partition coefficient (Wildman–Crippen LogP) is 2.75. The number of ether oxygens (including phenoxy) is 1. The summed E-state index contributed by atoms with van der Waals surface area (Å²) < 4.78 is 5.52. The van der Waals surface area contributed by atoms with E-state index in [2.05, 4.69) is 13.0 Å². The van der Waals surface area contributed by atoms with Crippen molar-refractivity contribution in [1.82, 2.24) is 0 Å². The van der Waals surface area contributed by atoms with Gasteiger partial charge in [0, 0.05) is 12.3 Å². The molecule has 0 aliphatic carbocycles. The highest BCUT2D eigenvalue weighted by Crippen LogP contribution is 2.39. The molecule has 0 bridgehead atoms. The van der Waals surface area contributed by atoms with Gasteiger partial charge in [-0.1, -0.05) is 19.1 Å². The number of benzene rings is 1. The third kappa shape index (κ3) is 2.03. The number of rotatable bonds is 1. The lowest BCUT2D eigenvalue weighted by molar-refractivity contribution is -0.174. The molecule has 0 saturated carbocycles. The standard InChI is InChI=1S/C14H15NO2/c1-10-6-7-13(16)17-14(10,2)12-5-3-4-11(8-12)9-15/h3-5,8,10H,6-7H2,1-2H3/t10-,14-/m1/s1. The molecule has 0 amide bonds. The van der Waals surface area contributed by atoms with Gasteiger partial charge in [-0.05, 0) is 31.0 Å². The molecule has 1 aliphatic rings. The first kappa shape index (κ1) is 11.7. The van der Waals surface area contributed by atoms with Crippen LogP contribution in [-0.2, 0) is 15.1 Å². The number of nitrogens with zero attached hydrogens (tertiary/aromatic N) is 1. The van der Waals surface area contributed by atoms with Crippen LogP contribution in [0.1, 0.15) is 37.8 Å². The molecule has 1 aliphatic heterocycles. The fourth-order valence-electron chi connectivity index (χ4n) is 2.24. The summed E-state index contributed by atoms with van der Waals surface area (Å²) in [6, 6.07) is 9.40. The second kappa shape index (κ2) is 4.21. The van der Waals surface area contributed by atoms with Crippen molar-refractivity contribution in [2.24, 2.45) is 5.92 Å². The Morgan fingerprint density at radius 1 is 1.53 bits per heavy atom. The fourth-order valence-corrected chi connectivity index (χ4v) is 2.24. The Labute approximate surface area is 101 Å². The summed E-state index contributed by atoms with van der Waals surface area (Å²) in [5, 5.41) is 8.90. The van der Waals surface area contributed by atoms with Crippen LogP contribution in [0, 0.1) is 17.2 Å². The maximum Gasteiger partial charge on any atom is 0.306 e. The number of hydrogen-bond acceptors (Lipinski definition) is 3. The Kier molecular flexibility index (Phi) is 2.89. The van der Waals surface area contributed by atoms with Gasteiger partial charge >= 0.3 is 5.97 Å². The number of carbonyl (C=O) groups excluding carboxylic acids is 1. The third-order valence-electron chi connectivity index (χ3n) is 3.61. The molecule has 2 rings (SSSR count). The lowest BCUT2D eigenvalue weighted by atomic mass is 9.79. The van der Waals surface area contributed by atoms with E-state index >= 15 is 0 Å². The molecule has 0 spiro atoms. The fraction of sp³-hybridized carbons (Fsp3) is 0.429. The van der Waals surface area contributed by atoms with E-state index in [1.807, 2.05) is 19.1 Å². The van der Waals surface area contributed by atoms with Crippen LogP contribution in [0.25, 0.3) is 0 Å². The van der Waals surface area contributed by atoms with Crippen molar-refractivity contribution >= 4 is 5.97 Å². The molecule has 1 saturated heterocycles. The van der Waals surface area contributed by atoms with E-state index in [1.54, 1.807) is 12.1 Å². The zero-order valence-corrected chi connectivity index (χ0v) is 10.1. The van der Waals surface area contributed by atoms with E-state index in [-0.39, 0.29) is 11.9 Å². The van der Waals surface area contributed by atoms with Crippen LogP contribution in [0.15, 0.2) is 24.3 Å². The zero-order valence-electron chi connectivity index (χ0n) is 10.1. The van der Waals surface area contributed by atoms with Crippen LogP contribution in [0.5, 0.6) is 0 Å².